The monoisotopic (exact) mass is 289 g/mol. The molecule has 2 N–H and O–H groups in total. The Bertz CT molecular complexity index is 409. The molecule has 2 nitrogen and oxygen atoms in total. The molecule has 21 heavy (non-hydrogen) atoms. The molecule has 2 heteroatoms. The molecule has 0 bridgehead atoms. The van der Waals surface area contributed by atoms with E-state index in [2.05, 4.69) is 51.1 Å². The molecule has 2 rings (SSSR count). The summed E-state index contributed by atoms with van der Waals surface area (Å²) in [6, 6.07) is 10.8. The maximum Gasteiger partial charge on any atom is 0.0728 e. The second-order valence-electron chi connectivity index (χ2n) is 7.54. The number of aryl methyl sites for hydroxylation is 1. The van der Waals surface area contributed by atoms with Gasteiger partial charge in [-0.25, -0.2) is 0 Å². The molecule has 0 aliphatic heterocycles. The average molecular weight is 289 g/mol. The molecular formula is C19H31NO. The fourth-order valence-corrected chi connectivity index (χ4v) is 3.29. The lowest BCUT2D eigenvalue weighted by molar-refractivity contribution is -0.0196. The Morgan fingerprint density at radius 1 is 1.14 bits per heavy atom. The second-order valence-corrected chi connectivity index (χ2v) is 7.54. The minimum absolute atomic E-state index is 0.223. The summed E-state index contributed by atoms with van der Waals surface area (Å²) in [5.41, 5.74) is 8.01. The lowest BCUT2D eigenvalue weighted by Gasteiger charge is -2.40. The van der Waals surface area contributed by atoms with E-state index in [9.17, 15) is 0 Å². The Kier molecular flexibility index (Phi) is 5.83. The zero-order chi connectivity index (χ0) is 15.3. The van der Waals surface area contributed by atoms with Gasteiger partial charge in [0.2, 0.25) is 0 Å². The number of benzene rings is 1. The highest BCUT2D eigenvalue weighted by atomic mass is 16.5. The molecule has 1 fully saturated rings. The third kappa shape index (κ3) is 5.12. The minimum atomic E-state index is 0.223. The quantitative estimate of drug-likeness (QED) is 0.825. The normalized spacial score (nSPS) is 26.8. The molecule has 0 heterocycles. The Hall–Kier alpha value is -0.860. The topological polar surface area (TPSA) is 35.2 Å². The van der Waals surface area contributed by atoms with E-state index in [1.165, 1.54) is 12.0 Å². The lowest BCUT2D eigenvalue weighted by atomic mass is 9.70. The van der Waals surface area contributed by atoms with Crippen molar-refractivity contribution >= 4 is 0 Å². The largest absolute Gasteiger partial charge is 0.377 e. The number of rotatable bonds is 5. The van der Waals surface area contributed by atoms with Gasteiger partial charge < -0.3 is 10.5 Å². The van der Waals surface area contributed by atoms with E-state index in [4.69, 9.17) is 10.5 Å². The van der Waals surface area contributed by atoms with Crippen LogP contribution in [0, 0.1) is 11.3 Å². The molecule has 3 unspecified atom stereocenters. The number of hydrogen-bond donors (Lipinski definition) is 1. The highest BCUT2D eigenvalue weighted by Crippen LogP contribution is 2.38. The molecule has 1 aliphatic rings. The fourth-order valence-electron chi connectivity index (χ4n) is 3.29. The Morgan fingerprint density at radius 2 is 1.86 bits per heavy atom. The molecule has 1 saturated carbocycles. The van der Waals surface area contributed by atoms with Crippen LogP contribution in [0.4, 0.5) is 0 Å². The molecule has 118 valence electrons. The van der Waals surface area contributed by atoms with E-state index in [0.29, 0.717) is 5.41 Å². The smallest absolute Gasteiger partial charge is 0.0728 e. The first-order chi connectivity index (χ1) is 9.97. The van der Waals surface area contributed by atoms with Crippen molar-refractivity contribution in [3.8, 4) is 0 Å². The first-order valence-electron chi connectivity index (χ1n) is 8.38. The van der Waals surface area contributed by atoms with E-state index < -0.39 is 0 Å². The summed E-state index contributed by atoms with van der Waals surface area (Å²) in [4.78, 5) is 0. The van der Waals surface area contributed by atoms with Crippen molar-refractivity contribution in [2.24, 2.45) is 17.1 Å². The molecule has 0 saturated heterocycles. The zero-order valence-corrected chi connectivity index (χ0v) is 13.8. The van der Waals surface area contributed by atoms with E-state index in [-0.39, 0.29) is 12.1 Å². The maximum absolute atomic E-state index is 6.25. The SMILES string of the molecule is CC(C)(C)C1CCC(N)C(OCCCc2ccccc2)C1. The van der Waals surface area contributed by atoms with E-state index in [1.807, 2.05) is 0 Å². The molecule has 0 aromatic heterocycles. The van der Waals surface area contributed by atoms with Crippen LogP contribution in [0.25, 0.3) is 0 Å². The number of hydrogen-bond acceptors (Lipinski definition) is 2. The van der Waals surface area contributed by atoms with E-state index in [0.717, 1.165) is 38.2 Å². The van der Waals surface area contributed by atoms with Gasteiger partial charge in [0, 0.05) is 12.6 Å². The van der Waals surface area contributed by atoms with Gasteiger partial charge in [-0.3, -0.25) is 0 Å². The van der Waals surface area contributed by atoms with Gasteiger partial charge in [-0.1, -0.05) is 51.1 Å². The van der Waals surface area contributed by atoms with Gasteiger partial charge in [0.05, 0.1) is 6.10 Å². The fraction of sp³-hybridized carbons (Fsp3) is 0.684. The van der Waals surface area contributed by atoms with Crippen LogP contribution in [0.3, 0.4) is 0 Å². The van der Waals surface area contributed by atoms with Gasteiger partial charge >= 0.3 is 0 Å². The third-order valence-corrected chi connectivity index (χ3v) is 4.85. The first kappa shape index (κ1) is 16.5. The molecule has 1 aliphatic carbocycles. The van der Waals surface area contributed by atoms with Gasteiger partial charge in [0.15, 0.2) is 0 Å². The average Bonchev–Trinajstić information content (AvgIpc) is 2.45. The zero-order valence-electron chi connectivity index (χ0n) is 13.8. The highest BCUT2D eigenvalue weighted by Gasteiger charge is 2.34. The van der Waals surface area contributed by atoms with Crippen molar-refractivity contribution in [2.45, 2.75) is 65.0 Å². The van der Waals surface area contributed by atoms with Crippen LogP contribution in [0.15, 0.2) is 30.3 Å². The summed E-state index contributed by atoms with van der Waals surface area (Å²) in [5, 5.41) is 0. The van der Waals surface area contributed by atoms with Crippen molar-refractivity contribution < 1.29 is 4.74 Å². The van der Waals surface area contributed by atoms with Crippen LogP contribution in [-0.4, -0.2) is 18.8 Å². The van der Waals surface area contributed by atoms with Crippen molar-refractivity contribution in [2.75, 3.05) is 6.61 Å². The minimum Gasteiger partial charge on any atom is -0.377 e. The van der Waals surface area contributed by atoms with Crippen molar-refractivity contribution in [3.63, 3.8) is 0 Å². The summed E-state index contributed by atoms with van der Waals surface area (Å²) in [7, 11) is 0. The van der Waals surface area contributed by atoms with Gasteiger partial charge in [-0.2, -0.15) is 0 Å². The van der Waals surface area contributed by atoms with Crippen molar-refractivity contribution in [1.82, 2.24) is 0 Å². The number of ether oxygens (including phenoxy) is 1. The summed E-state index contributed by atoms with van der Waals surface area (Å²) >= 11 is 0. The van der Waals surface area contributed by atoms with Crippen LogP contribution in [0.1, 0.15) is 52.0 Å². The Balaban J connectivity index is 1.73. The molecule has 0 radical (unpaired) electrons. The Morgan fingerprint density at radius 3 is 2.52 bits per heavy atom. The van der Waals surface area contributed by atoms with Gasteiger partial charge in [0.25, 0.3) is 0 Å². The van der Waals surface area contributed by atoms with Crippen LogP contribution in [0.2, 0.25) is 0 Å². The van der Waals surface area contributed by atoms with Crippen LogP contribution >= 0.6 is 0 Å². The first-order valence-corrected chi connectivity index (χ1v) is 8.38. The number of nitrogens with two attached hydrogens (primary N) is 1. The lowest BCUT2D eigenvalue weighted by Crippen LogP contribution is -2.44. The van der Waals surface area contributed by atoms with Crippen LogP contribution < -0.4 is 5.73 Å². The standard InChI is InChI=1S/C19H31NO/c1-19(2,3)16-11-12-17(20)18(14-16)21-13-7-10-15-8-5-4-6-9-15/h4-6,8-9,16-18H,7,10-14,20H2,1-3H3. The summed E-state index contributed by atoms with van der Waals surface area (Å²) in [5.74, 6) is 0.733. The highest BCUT2D eigenvalue weighted by molar-refractivity contribution is 5.14. The maximum atomic E-state index is 6.25. The Labute approximate surface area is 130 Å². The summed E-state index contributed by atoms with van der Waals surface area (Å²) in [6.07, 6.45) is 5.88. The predicted octanol–water partition coefficient (Wildman–Crippen LogP) is 4.18. The summed E-state index contributed by atoms with van der Waals surface area (Å²) in [6.45, 7) is 7.83. The predicted molar refractivity (Wildman–Crippen MR) is 89.3 cm³/mol. The second kappa shape index (κ2) is 7.42. The molecule has 0 amide bonds. The van der Waals surface area contributed by atoms with Crippen LogP contribution in [-0.2, 0) is 11.2 Å². The van der Waals surface area contributed by atoms with Gasteiger partial charge in [-0.15, -0.1) is 0 Å². The molecule has 1 aromatic carbocycles. The molecule has 1 aromatic rings. The summed E-state index contributed by atoms with van der Waals surface area (Å²) < 4.78 is 6.12. The molecule has 0 spiro atoms. The van der Waals surface area contributed by atoms with Crippen LogP contribution in [0.5, 0.6) is 0 Å². The van der Waals surface area contributed by atoms with E-state index >= 15 is 0 Å². The van der Waals surface area contributed by atoms with E-state index in [1.54, 1.807) is 0 Å². The van der Waals surface area contributed by atoms with Crippen molar-refractivity contribution in [3.05, 3.63) is 35.9 Å². The third-order valence-electron chi connectivity index (χ3n) is 4.85. The van der Waals surface area contributed by atoms with Gasteiger partial charge in [0.1, 0.15) is 0 Å². The van der Waals surface area contributed by atoms with Gasteiger partial charge in [-0.05, 0) is 49.0 Å². The molecule has 3 atom stereocenters. The molecular weight excluding hydrogens is 258 g/mol. The van der Waals surface area contributed by atoms with Crippen molar-refractivity contribution in [1.29, 1.82) is 0 Å².